The van der Waals surface area contributed by atoms with E-state index in [1.165, 1.54) is 10.3 Å². The number of hydrogen-bond acceptors (Lipinski definition) is 4. The quantitative estimate of drug-likeness (QED) is 0.416. The summed E-state index contributed by atoms with van der Waals surface area (Å²) in [4.78, 5) is 16.5. The van der Waals surface area contributed by atoms with Gasteiger partial charge in [-0.05, 0) is 67.5 Å². The number of thiocarbonyl (C=S) groups is 1. The second kappa shape index (κ2) is 9.06. The van der Waals surface area contributed by atoms with Crippen molar-refractivity contribution in [1.82, 2.24) is 10.3 Å². The molecular formula is C21H23N3OS2. The first-order chi connectivity index (χ1) is 13.0. The highest BCUT2D eigenvalue weighted by atomic mass is 32.1. The minimum absolute atomic E-state index is 0.0395. The van der Waals surface area contributed by atoms with E-state index in [2.05, 4.69) is 42.7 Å². The van der Waals surface area contributed by atoms with Crippen LogP contribution in [0.25, 0.3) is 20.8 Å². The summed E-state index contributed by atoms with van der Waals surface area (Å²) in [6.45, 7) is 4.20. The molecule has 3 rings (SSSR count). The van der Waals surface area contributed by atoms with Gasteiger partial charge >= 0.3 is 0 Å². The summed E-state index contributed by atoms with van der Waals surface area (Å²) in [6.07, 6.45) is 3.55. The van der Waals surface area contributed by atoms with Crippen LogP contribution in [0.1, 0.15) is 38.2 Å². The molecule has 0 aliphatic heterocycles. The lowest BCUT2D eigenvalue weighted by Gasteiger charge is -2.09. The number of rotatable bonds is 6. The Balaban J connectivity index is 1.61. The second-order valence-electron chi connectivity index (χ2n) is 6.53. The molecule has 4 nitrogen and oxygen atoms in total. The van der Waals surface area contributed by atoms with Crippen molar-refractivity contribution in [3.63, 3.8) is 0 Å². The van der Waals surface area contributed by atoms with Gasteiger partial charge in [0.1, 0.15) is 5.01 Å². The summed E-state index contributed by atoms with van der Waals surface area (Å²) in [5.41, 5.74) is 4.17. The van der Waals surface area contributed by atoms with Gasteiger partial charge in [0.2, 0.25) is 5.91 Å². The number of hydrogen-bond donors (Lipinski definition) is 2. The third-order valence-corrected chi connectivity index (χ3v) is 5.47. The van der Waals surface area contributed by atoms with Crippen LogP contribution in [-0.4, -0.2) is 16.0 Å². The van der Waals surface area contributed by atoms with Gasteiger partial charge in [-0.3, -0.25) is 4.79 Å². The van der Waals surface area contributed by atoms with Crippen molar-refractivity contribution in [2.24, 2.45) is 0 Å². The van der Waals surface area contributed by atoms with Crippen LogP contribution in [0.5, 0.6) is 0 Å². The molecule has 0 fully saturated rings. The van der Waals surface area contributed by atoms with E-state index in [-0.39, 0.29) is 5.91 Å². The van der Waals surface area contributed by atoms with Crippen LogP contribution in [0.15, 0.2) is 42.5 Å². The van der Waals surface area contributed by atoms with Gasteiger partial charge in [-0.1, -0.05) is 25.8 Å². The van der Waals surface area contributed by atoms with E-state index >= 15 is 0 Å². The third kappa shape index (κ3) is 5.34. The van der Waals surface area contributed by atoms with Crippen LogP contribution in [0.3, 0.4) is 0 Å². The monoisotopic (exact) mass is 397 g/mol. The van der Waals surface area contributed by atoms with Gasteiger partial charge in [0.15, 0.2) is 5.11 Å². The molecule has 0 spiro atoms. The summed E-state index contributed by atoms with van der Waals surface area (Å²) < 4.78 is 1.19. The number of aryl methyl sites for hydroxylation is 1. The predicted molar refractivity (Wildman–Crippen MR) is 118 cm³/mol. The molecule has 1 amide bonds. The Bertz CT molecular complexity index is 948. The molecule has 3 aromatic rings. The molecule has 0 atom stereocenters. The fourth-order valence-corrected chi connectivity index (χ4v) is 4.04. The van der Waals surface area contributed by atoms with Crippen LogP contribution < -0.4 is 10.6 Å². The Morgan fingerprint density at radius 1 is 1.15 bits per heavy atom. The number of fused-ring (bicyclic) bond motifs is 1. The molecule has 140 valence electrons. The van der Waals surface area contributed by atoms with Crippen LogP contribution >= 0.6 is 23.6 Å². The van der Waals surface area contributed by atoms with Gasteiger partial charge in [-0.15, -0.1) is 11.3 Å². The van der Waals surface area contributed by atoms with E-state index in [0.29, 0.717) is 11.5 Å². The second-order valence-corrected chi connectivity index (χ2v) is 7.97. The Morgan fingerprint density at radius 3 is 2.67 bits per heavy atom. The number of carbonyl (C=O) groups is 1. The van der Waals surface area contributed by atoms with Crippen molar-refractivity contribution in [2.75, 3.05) is 5.32 Å². The fourth-order valence-electron chi connectivity index (χ4n) is 2.74. The lowest BCUT2D eigenvalue weighted by atomic mass is 10.2. The molecule has 1 heterocycles. The molecule has 2 N–H and O–H groups in total. The number of carbonyl (C=O) groups excluding carboxylic acids is 1. The van der Waals surface area contributed by atoms with Crippen molar-refractivity contribution in [1.29, 1.82) is 0 Å². The van der Waals surface area contributed by atoms with Gasteiger partial charge in [-0.2, -0.15) is 0 Å². The number of nitrogens with one attached hydrogen (secondary N) is 2. The lowest BCUT2D eigenvalue weighted by molar-refractivity contribution is -0.119. The molecule has 27 heavy (non-hydrogen) atoms. The van der Waals surface area contributed by atoms with Crippen molar-refractivity contribution in [3.05, 3.63) is 48.0 Å². The smallest absolute Gasteiger partial charge is 0.226 e. The molecular weight excluding hydrogens is 374 g/mol. The maximum Gasteiger partial charge on any atom is 0.226 e. The number of nitrogens with zero attached hydrogens (tertiary/aromatic N) is 1. The highest BCUT2D eigenvalue weighted by Gasteiger charge is 2.08. The van der Waals surface area contributed by atoms with E-state index in [1.54, 1.807) is 11.3 Å². The maximum atomic E-state index is 11.8. The van der Waals surface area contributed by atoms with E-state index in [0.717, 1.165) is 41.0 Å². The zero-order valence-electron chi connectivity index (χ0n) is 15.5. The van der Waals surface area contributed by atoms with E-state index in [1.807, 2.05) is 24.3 Å². The average Bonchev–Trinajstić information content (AvgIpc) is 3.05. The predicted octanol–water partition coefficient (Wildman–Crippen LogP) is 5.67. The zero-order chi connectivity index (χ0) is 19.2. The summed E-state index contributed by atoms with van der Waals surface area (Å²) >= 11 is 6.91. The number of thiazole rings is 1. The fraction of sp³-hybridized carbons (Fsp3) is 0.286. The Kier molecular flexibility index (Phi) is 6.53. The molecule has 0 saturated carbocycles. The van der Waals surface area contributed by atoms with Gasteiger partial charge in [-0.25, -0.2) is 4.98 Å². The largest absolute Gasteiger partial charge is 0.332 e. The van der Waals surface area contributed by atoms with E-state index in [9.17, 15) is 4.79 Å². The number of unbranched alkanes of at least 4 members (excludes halogenated alkanes) is 2. The standard InChI is InChI=1S/C21H23N3OS2/c1-3-4-5-6-19(25)24-21(26)22-16-10-8-15(9-11-16)20-23-17-12-7-14(2)13-18(17)27-20/h7-13H,3-6H2,1-2H3,(H2,22,24,25,26). The third-order valence-electron chi connectivity index (χ3n) is 4.19. The van der Waals surface area contributed by atoms with Gasteiger partial charge in [0.25, 0.3) is 0 Å². The van der Waals surface area contributed by atoms with E-state index < -0.39 is 0 Å². The average molecular weight is 398 g/mol. The minimum Gasteiger partial charge on any atom is -0.332 e. The number of anilines is 1. The van der Waals surface area contributed by atoms with Gasteiger partial charge < -0.3 is 10.6 Å². The summed E-state index contributed by atoms with van der Waals surface area (Å²) in [6, 6.07) is 14.2. The van der Waals surface area contributed by atoms with Gasteiger partial charge in [0, 0.05) is 17.7 Å². The van der Waals surface area contributed by atoms with Crippen molar-refractivity contribution in [2.45, 2.75) is 39.5 Å². The summed E-state index contributed by atoms with van der Waals surface area (Å²) in [7, 11) is 0. The molecule has 0 unspecified atom stereocenters. The van der Waals surface area contributed by atoms with Crippen molar-refractivity contribution < 1.29 is 4.79 Å². The molecule has 0 radical (unpaired) electrons. The Hall–Kier alpha value is -2.31. The highest BCUT2D eigenvalue weighted by Crippen LogP contribution is 2.31. The molecule has 0 bridgehead atoms. The number of benzene rings is 2. The Labute approximate surface area is 169 Å². The Morgan fingerprint density at radius 2 is 1.93 bits per heavy atom. The van der Waals surface area contributed by atoms with Crippen LogP contribution in [0, 0.1) is 6.92 Å². The summed E-state index contributed by atoms with van der Waals surface area (Å²) in [5, 5.41) is 7.11. The molecule has 0 aliphatic rings. The SMILES string of the molecule is CCCCCC(=O)NC(=S)Nc1ccc(-c2nc3ccc(C)cc3s2)cc1. The molecule has 6 heteroatoms. The minimum atomic E-state index is -0.0395. The first kappa shape index (κ1) is 19.5. The first-order valence-electron chi connectivity index (χ1n) is 9.13. The lowest BCUT2D eigenvalue weighted by Crippen LogP contribution is -2.33. The van der Waals surface area contributed by atoms with Crippen LogP contribution in [0.4, 0.5) is 5.69 Å². The molecule has 0 aliphatic carbocycles. The van der Waals surface area contributed by atoms with Crippen molar-refractivity contribution in [3.8, 4) is 10.6 Å². The maximum absolute atomic E-state index is 11.8. The molecule has 1 aromatic heterocycles. The number of amides is 1. The van der Waals surface area contributed by atoms with Crippen LogP contribution in [-0.2, 0) is 4.79 Å². The first-order valence-corrected chi connectivity index (χ1v) is 10.4. The van der Waals surface area contributed by atoms with Gasteiger partial charge in [0.05, 0.1) is 10.2 Å². The normalized spacial score (nSPS) is 10.7. The van der Waals surface area contributed by atoms with Crippen LogP contribution in [0.2, 0.25) is 0 Å². The highest BCUT2D eigenvalue weighted by molar-refractivity contribution is 7.80. The number of aromatic nitrogens is 1. The molecule has 2 aromatic carbocycles. The van der Waals surface area contributed by atoms with Crippen molar-refractivity contribution >= 4 is 50.5 Å². The topological polar surface area (TPSA) is 54.0 Å². The summed E-state index contributed by atoms with van der Waals surface area (Å²) in [5.74, 6) is -0.0395. The van der Waals surface area contributed by atoms with E-state index in [4.69, 9.17) is 17.2 Å². The molecule has 0 saturated heterocycles. The zero-order valence-corrected chi connectivity index (χ0v) is 17.2.